The average molecular weight is 389 g/mol. The van der Waals surface area contributed by atoms with Crippen LogP contribution in [0.2, 0.25) is 0 Å². The molecule has 0 aliphatic rings. The van der Waals surface area contributed by atoms with Crippen LogP contribution in [0.3, 0.4) is 0 Å². The minimum Gasteiger partial charge on any atom is -0.492 e. The lowest BCUT2D eigenvalue weighted by molar-refractivity contribution is 0.261. The smallest absolute Gasteiger partial charge is 0.191 e. The van der Waals surface area contributed by atoms with Crippen molar-refractivity contribution in [3.05, 3.63) is 52.2 Å². The first kappa shape index (κ1) is 21.3. The van der Waals surface area contributed by atoms with Gasteiger partial charge in [-0.15, -0.1) is 11.3 Å². The Kier molecular flexibility index (Phi) is 9.15. The fourth-order valence-electron chi connectivity index (χ4n) is 2.51. The molecule has 0 aliphatic carbocycles. The first-order valence-corrected chi connectivity index (χ1v) is 10.4. The molecule has 0 saturated carbocycles. The second kappa shape index (κ2) is 11.6. The number of guanidine groups is 1. The zero-order valence-corrected chi connectivity index (χ0v) is 17.7. The predicted molar refractivity (Wildman–Crippen MR) is 116 cm³/mol. The Morgan fingerprint density at radius 2 is 2.07 bits per heavy atom. The number of likely N-dealkylation sites (N-methyl/N-ethyl adjacent to an activating group) is 1. The van der Waals surface area contributed by atoms with E-state index in [1.165, 1.54) is 4.88 Å². The monoisotopic (exact) mass is 388 g/mol. The normalized spacial score (nSPS) is 12.9. The van der Waals surface area contributed by atoms with E-state index in [4.69, 9.17) is 9.73 Å². The summed E-state index contributed by atoms with van der Waals surface area (Å²) in [7, 11) is 4.09. The summed E-state index contributed by atoms with van der Waals surface area (Å²) < 4.78 is 5.81. The van der Waals surface area contributed by atoms with Crippen molar-refractivity contribution in [2.45, 2.75) is 26.3 Å². The van der Waals surface area contributed by atoms with E-state index >= 15 is 0 Å². The number of aliphatic imine (C=N–C) groups is 1. The highest BCUT2D eigenvalue weighted by Gasteiger charge is 2.07. The molecule has 5 nitrogen and oxygen atoms in total. The van der Waals surface area contributed by atoms with Gasteiger partial charge in [0.05, 0.1) is 6.54 Å². The number of nitrogens with zero attached hydrogens (tertiary/aromatic N) is 2. The van der Waals surface area contributed by atoms with E-state index in [2.05, 4.69) is 59.0 Å². The van der Waals surface area contributed by atoms with Crippen molar-refractivity contribution < 1.29 is 4.74 Å². The molecular formula is C21H32N4OS. The quantitative estimate of drug-likeness (QED) is 0.483. The van der Waals surface area contributed by atoms with Crippen LogP contribution in [0.5, 0.6) is 5.75 Å². The van der Waals surface area contributed by atoms with Crippen molar-refractivity contribution in [2.24, 2.45) is 4.99 Å². The van der Waals surface area contributed by atoms with Crippen LogP contribution in [0.1, 0.15) is 30.2 Å². The summed E-state index contributed by atoms with van der Waals surface area (Å²) in [5.41, 5.74) is 1.14. The summed E-state index contributed by atoms with van der Waals surface area (Å²) in [5, 5.41) is 8.89. The molecule has 0 aliphatic heterocycles. The highest BCUT2D eigenvalue weighted by atomic mass is 32.1. The topological polar surface area (TPSA) is 48.9 Å². The van der Waals surface area contributed by atoms with E-state index in [9.17, 15) is 0 Å². The van der Waals surface area contributed by atoms with Gasteiger partial charge in [0.25, 0.3) is 0 Å². The molecule has 1 aromatic carbocycles. The number of hydrogen-bond acceptors (Lipinski definition) is 4. The SMILES string of the molecule is CCNC(=NCc1cccc(OCCN(C)C)c1)NCC(C)c1cccs1. The Hall–Kier alpha value is -2.05. The highest BCUT2D eigenvalue weighted by molar-refractivity contribution is 7.10. The number of thiophene rings is 1. The minimum absolute atomic E-state index is 0.460. The summed E-state index contributed by atoms with van der Waals surface area (Å²) in [4.78, 5) is 8.22. The molecule has 1 aromatic heterocycles. The Morgan fingerprint density at radius 1 is 1.22 bits per heavy atom. The lowest BCUT2D eigenvalue weighted by Crippen LogP contribution is -2.39. The van der Waals surface area contributed by atoms with Crippen molar-refractivity contribution in [1.29, 1.82) is 0 Å². The van der Waals surface area contributed by atoms with E-state index in [1.807, 2.05) is 26.2 Å². The lowest BCUT2D eigenvalue weighted by Gasteiger charge is -2.15. The van der Waals surface area contributed by atoms with Gasteiger partial charge in [-0.05, 0) is 50.2 Å². The molecule has 0 bridgehead atoms. The molecule has 148 valence electrons. The highest BCUT2D eigenvalue weighted by Crippen LogP contribution is 2.19. The molecule has 0 spiro atoms. The van der Waals surface area contributed by atoms with E-state index < -0.39 is 0 Å². The number of ether oxygens (including phenoxy) is 1. The van der Waals surface area contributed by atoms with Gasteiger partial charge in [-0.3, -0.25) is 0 Å². The van der Waals surface area contributed by atoms with Crippen molar-refractivity contribution in [3.8, 4) is 5.75 Å². The number of hydrogen-bond donors (Lipinski definition) is 2. The predicted octanol–water partition coefficient (Wildman–Crippen LogP) is 3.55. The van der Waals surface area contributed by atoms with Gasteiger partial charge in [0, 0.05) is 30.4 Å². The van der Waals surface area contributed by atoms with Gasteiger partial charge in [0.15, 0.2) is 5.96 Å². The standard InChI is InChI=1S/C21H32N4OS/c1-5-22-21(23-15-17(2)20-10-7-13-27-20)24-16-18-8-6-9-19(14-18)26-12-11-25(3)4/h6-10,13-14,17H,5,11-12,15-16H2,1-4H3,(H2,22,23,24). The zero-order valence-electron chi connectivity index (χ0n) is 16.9. The molecule has 2 rings (SSSR count). The molecule has 6 heteroatoms. The molecule has 2 aromatic rings. The minimum atomic E-state index is 0.460. The molecule has 27 heavy (non-hydrogen) atoms. The third-order valence-corrected chi connectivity index (χ3v) is 5.18. The van der Waals surface area contributed by atoms with Crippen molar-refractivity contribution in [1.82, 2.24) is 15.5 Å². The van der Waals surface area contributed by atoms with Crippen molar-refractivity contribution in [2.75, 3.05) is 40.3 Å². The summed E-state index contributed by atoms with van der Waals surface area (Å²) >= 11 is 1.80. The van der Waals surface area contributed by atoms with E-state index in [-0.39, 0.29) is 0 Å². The van der Waals surface area contributed by atoms with Crippen LogP contribution in [-0.2, 0) is 6.54 Å². The summed E-state index contributed by atoms with van der Waals surface area (Å²) in [6.45, 7) is 8.22. The molecule has 1 unspecified atom stereocenters. The van der Waals surface area contributed by atoms with Gasteiger partial charge in [-0.2, -0.15) is 0 Å². The third kappa shape index (κ3) is 8.01. The first-order chi connectivity index (χ1) is 13.1. The number of benzene rings is 1. The van der Waals surface area contributed by atoms with Gasteiger partial charge in [0.1, 0.15) is 12.4 Å². The van der Waals surface area contributed by atoms with Crippen LogP contribution in [0.25, 0.3) is 0 Å². The van der Waals surface area contributed by atoms with Crippen LogP contribution in [-0.4, -0.2) is 51.2 Å². The first-order valence-electron chi connectivity index (χ1n) is 9.50. The van der Waals surface area contributed by atoms with Crippen LogP contribution in [0.4, 0.5) is 0 Å². The zero-order chi connectivity index (χ0) is 19.5. The van der Waals surface area contributed by atoms with E-state index in [0.29, 0.717) is 19.1 Å². The van der Waals surface area contributed by atoms with Crippen LogP contribution in [0, 0.1) is 0 Å². The van der Waals surface area contributed by atoms with Crippen LogP contribution in [0.15, 0.2) is 46.8 Å². The average Bonchev–Trinajstić information content (AvgIpc) is 3.19. The molecular weight excluding hydrogens is 356 g/mol. The van der Waals surface area contributed by atoms with E-state index in [0.717, 1.165) is 36.9 Å². The van der Waals surface area contributed by atoms with Gasteiger partial charge >= 0.3 is 0 Å². The van der Waals surface area contributed by atoms with E-state index in [1.54, 1.807) is 11.3 Å². The molecule has 0 fully saturated rings. The Labute approximate surface area is 167 Å². The maximum absolute atomic E-state index is 5.81. The fraction of sp³-hybridized carbons (Fsp3) is 0.476. The van der Waals surface area contributed by atoms with Gasteiger partial charge in [-0.1, -0.05) is 25.1 Å². The van der Waals surface area contributed by atoms with Gasteiger partial charge < -0.3 is 20.3 Å². The second-order valence-electron chi connectivity index (χ2n) is 6.79. The Morgan fingerprint density at radius 3 is 2.78 bits per heavy atom. The van der Waals surface area contributed by atoms with Crippen LogP contribution >= 0.6 is 11.3 Å². The number of rotatable bonds is 10. The van der Waals surface area contributed by atoms with Gasteiger partial charge in [0.2, 0.25) is 0 Å². The summed E-state index contributed by atoms with van der Waals surface area (Å²) in [5.74, 6) is 2.20. The Balaban J connectivity index is 1.89. The largest absolute Gasteiger partial charge is 0.492 e. The number of nitrogens with one attached hydrogen (secondary N) is 2. The molecule has 0 saturated heterocycles. The van der Waals surface area contributed by atoms with Crippen LogP contribution < -0.4 is 15.4 Å². The molecule has 0 amide bonds. The maximum atomic E-state index is 5.81. The fourth-order valence-corrected chi connectivity index (χ4v) is 3.30. The molecule has 2 N–H and O–H groups in total. The maximum Gasteiger partial charge on any atom is 0.191 e. The van der Waals surface area contributed by atoms with Crippen molar-refractivity contribution in [3.63, 3.8) is 0 Å². The van der Waals surface area contributed by atoms with Gasteiger partial charge in [-0.25, -0.2) is 4.99 Å². The Bertz CT molecular complexity index is 685. The van der Waals surface area contributed by atoms with Crippen molar-refractivity contribution >= 4 is 17.3 Å². The summed E-state index contributed by atoms with van der Waals surface area (Å²) in [6.07, 6.45) is 0. The molecule has 1 atom stereocenters. The molecule has 1 heterocycles. The lowest BCUT2D eigenvalue weighted by atomic mass is 10.1. The second-order valence-corrected chi connectivity index (χ2v) is 7.77. The molecule has 0 radical (unpaired) electrons. The third-order valence-electron chi connectivity index (χ3n) is 4.07. The summed E-state index contributed by atoms with van der Waals surface area (Å²) in [6, 6.07) is 12.5.